The summed E-state index contributed by atoms with van der Waals surface area (Å²) in [6.45, 7) is 7.72. The molecule has 2 atom stereocenters. The van der Waals surface area contributed by atoms with E-state index in [1.54, 1.807) is 14.2 Å². The van der Waals surface area contributed by atoms with Gasteiger partial charge in [-0.25, -0.2) is 0 Å². The van der Waals surface area contributed by atoms with Crippen LogP contribution in [0.4, 0.5) is 0 Å². The minimum Gasteiger partial charge on any atom is -0.517 e. The summed E-state index contributed by atoms with van der Waals surface area (Å²) in [4.78, 5) is 0. The fourth-order valence-electron chi connectivity index (χ4n) is 3.66. The number of hydrogen-bond acceptors (Lipinski definition) is 2. The molecule has 2 aliphatic rings. The largest absolute Gasteiger partial charge is 2.00 e. The number of ether oxygens (including phenoxy) is 2. The molecule has 0 N–H and O–H groups in total. The van der Waals surface area contributed by atoms with Gasteiger partial charge in [-0.05, 0) is 0 Å². The van der Waals surface area contributed by atoms with Gasteiger partial charge in [0.15, 0.2) is 0 Å². The SMILES string of the molecule is [CH-]=C1CC(COC)(COC)[C@H]2CCC[CH-][C@@H]12.[Zr+2]. The molecular formula is C14H22O2Zr. The maximum Gasteiger partial charge on any atom is 2.00 e. The van der Waals surface area contributed by atoms with E-state index in [4.69, 9.17) is 16.1 Å². The zero-order valence-electron chi connectivity index (χ0n) is 10.9. The van der Waals surface area contributed by atoms with Crippen molar-refractivity contribution in [3.8, 4) is 0 Å². The van der Waals surface area contributed by atoms with Crippen LogP contribution in [0.15, 0.2) is 5.57 Å². The van der Waals surface area contributed by atoms with Crippen molar-refractivity contribution in [1.29, 1.82) is 0 Å². The molecule has 0 aromatic carbocycles. The Morgan fingerprint density at radius 1 is 1.35 bits per heavy atom. The molecular weight excluding hydrogens is 291 g/mol. The molecule has 0 spiro atoms. The van der Waals surface area contributed by atoms with Crippen LogP contribution >= 0.6 is 0 Å². The molecule has 2 nitrogen and oxygen atoms in total. The predicted molar refractivity (Wildman–Crippen MR) is 63.7 cm³/mol. The van der Waals surface area contributed by atoms with Crippen molar-refractivity contribution in [3.05, 3.63) is 18.6 Å². The molecule has 2 saturated carbocycles. The molecule has 17 heavy (non-hydrogen) atoms. The van der Waals surface area contributed by atoms with E-state index in [0.29, 0.717) is 11.8 Å². The normalized spacial score (nSPS) is 30.8. The Morgan fingerprint density at radius 2 is 2.00 bits per heavy atom. The van der Waals surface area contributed by atoms with Gasteiger partial charge in [-0.15, -0.1) is 0 Å². The average molecular weight is 314 g/mol. The van der Waals surface area contributed by atoms with E-state index in [-0.39, 0.29) is 31.6 Å². The van der Waals surface area contributed by atoms with Crippen molar-refractivity contribution >= 4 is 0 Å². The van der Waals surface area contributed by atoms with Crippen molar-refractivity contribution < 1.29 is 35.7 Å². The maximum atomic E-state index is 6.20. The minimum absolute atomic E-state index is 0. The third kappa shape index (κ3) is 2.93. The molecule has 2 fully saturated rings. The van der Waals surface area contributed by atoms with Gasteiger partial charge in [0.25, 0.3) is 0 Å². The maximum absolute atomic E-state index is 6.20. The first-order valence-corrected chi connectivity index (χ1v) is 6.16. The second kappa shape index (κ2) is 6.63. The second-order valence-electron chi connectivity index (χ2n) is 5.28. The van der Waals surface area contributed by atoms with Crippen molar-refractivity contribution in [2.75, 3.05) is 27.4 Å². The Labute approximate surface area is 124 Å². The van der Waals surface area contributed by atoms with Crippen LogP contribution in [0.2, 0.25) is 0 Å². The average Bonchev–Trinajstić information content (AvgIpc) is 2.55. The number of hydrogen-bond donors (Lipinski definition) is 0. The van der Waals surface area contributed by atoms with Gasteiger partial charge in [0.1, 0.15) is 0 Å². The summed E-state index contributed by atoms with van der Waals surface area (Å²) in [7, 11) is 3.54. The van der Waals surface area contributed by atoms with E-state index < -0.39 is 0 Å². The van der Waals surface area contributed by atoms with Gasteiger partial charge in [0, 0.05) is 19.6 Å². The summed E-state index contributed by atoms with van der Waals surface area (Å²) >= 11 is 0. The van der Waals surface area contributed by atoms with Crippen LogP contribution in [0.5, 0.6) is 0 Å². The fourth-order valence-corrected chi connectivity index (χ4v) is 3.66. The molecule has 3 heteroatoms. The molecule has 2 rings (SSSR count). The predicted octanol–water partition coefficient (Wildman–Crippen LogP) is 2.65. The van der Waals surface area contributed by atoms with Crippen LogP contribution in [-0.4, -0.2) is 27.4 Å². The Bertz CT molecular complexity index is 259. The Kier molecular flexibility index (Phi) is 6.09. The molecule has 0 heterocycles. The zero-order valence-corrected chi connectivity index (χ0v) is 13.3. The third-order valence-corrected chi connectivity index (χ3v) is 4.21. The van der Waals surface area contributed by atoms with Crippen LogP contribution in [0.1, 0.15) is 25.7 Å². The molecule has 0 saturated heterocycles. The van der Waals surface area contributed by atoms with Crippen molar-refractivity contribution in [1.82, 2.24) is 0 Å². The zero-order chi connectivity index (χ0) is 11.6. The van der Waals surface area contributed by atoms with Gasteiger partial charge < -0.3 is 22.5 Å². The van der Waals surface area contributed by atoms with Crippen LogP contribution < -0.4 is 0 Å². The first kappa shape index (κ1) is 15.6. The van der Waals surface area contributed by atoms with Crippen LogP contribution in [-0.2, 0) is 35.7 Å². The topological polar surface area (TPSA) is 18.5 Å². The van der Waals surface area contributed by atoms with Crippen molar-refractivity contribution in [3.63, 3.8) is 0 Å². The molecule has 0 radical (unpaired) electrons. The number of methoxy groups -OCH3 is 2. The van der Waals surface area contributed by atoms with Gasteiger partial charge in [-0.2, -0.15) is 12.3 Å². The summed E-state index contributed by atoms with van der Waals surface area (Å²) in [5.41, 5.74) is 1.26. The molecule has 0 amide bonds. The van der Waals surface area contributed by atoms with Crippen LogP contribution in [0, 0.1) is 30.3 Å². The number of fused-ring (bicyclic) bond motifs is 1. The quantitative estimate of drug-likeness (QED) is 0.743. The van der Waals surface area contributed by atoms with Gasteiger partial charge in [-0.3, -0.25) is 5.57 Å². The molecule has 0 unspecified atom stereocenters. The third-order valence-electron chi connectivity index (χ3n) is 4.21. The van der Waals surface area contributed by atoms with Gasteiger partial charge in [-0.1, -0.05) is 25.2 Å². The van der Waals surface area contributed by atoms with Crippen LogP contribution in [0.3, 0.4) is 0 Å². The van der Waals surface area contributed by atoms with E-state index in [1.165, 1.54) is 19.3 Å². The molecule has 2 aliphatic carbocycles. The molecule has 0 aromatic heterocycles. The second-order valence-corrected chi connectivity index (χ2v) is 5.28. The van der Waals surface area contributed by atoms with Crippen LogP contribution in [0.25, 0.3) is 0 Å². The van der Waals surface area contributed by atoms with Gasteiger partial charge in [0.2, 0.25) is 0 Å². The summed E-state index contributed by atoms with van der Waals surface area (Å²) < 4.78 is 10.8. The van der Waals surface area contributed by atoms with E-state index in [2.05, 4.69) is 6.42 Å². The Morgan fingerprint density at radius 3 is 2.59 bits per heavy atom. The van der Waals surface area contributed by atoms with Gasteiger partial charge >= 0.3 is 26.2 Å². The van der Waals surface area contributed by atoms with E-state index in [0.717, 1.165) is 25.2 Å². The summed E-state index contributed by atoms with van der Waals surface area (Å²) in [5, 5.41) is 0. The smallest absolute Gasteiger partial charge is 0.517 e. The monoisotopic (exact) mass is 312 g/mol. The molecule has 0 bridgehead atoms. The minimum atomic E-state index is 0. The Balaban J connectivity index is 0.00000144. The summed E-state index contributed by atoms with van der Waals surface area (Å²) in [6, 6.07) is 0. The van der Waals surface area contributed by atoms with E-state index >= 15 is 0 Å². The summed E-state index contributed by atoms with van der Waals surface area (Å²) in [6.07, 6.45) is 7.10. The number of allylic oxidation sites excluding steroid dienone is 1. The van der Waals surface area contributed by atoms with E-state index in [1.807, 2.05) is 0 Å². The van der Waals surface area contributed by atoms with E-state index in [9.17, 15) is 0 Å². The fraction of sp³-hybridized carbons (Fsp3) is 0.786. The Hall–Kier alpha value is 0.543. The van der Waals surface area contributed by atoms with Gasteiger partial charge in [0.05, 0.1) is 13.2 Å². The number of rotatable bonds is 4. The first-order chi connectivity index (χ1) is 7.73. The standard InChI is InChI=1S/C14H22O2.Zr/c1-11-8-14(9-15-2,10-16-3)13-7-5-4-6-12(11)13;/h1,6,12-13H,4-5,7-10H2,2-3H3;/q-2;+2/t12-,13-;/m0./s1. The van der Waals surface area contributed by atoms with Crippen molar-refractivity contribution in [2.24, 2.45) is 17.3 Å². The van der Waals surface area contributed by atoms with Crippen molar-refractivity contribution in [2.45, 2.75) is 25.7 Å². The summed E-state index contributed by atoms with van der Waals surface area (Å²) in [5.74, 6) is 1.13. The molecule has 0 aliphatic heterocycles. The molecule has 94 valence electrons. The molecule has 0 aromatic rings. The first-order valence-electron chi connectivity index (χ1n) is 6.16.